The Balaban J connectivity index is 1.67. The van der Waals surface area contributed by atoms with Gasteiger partial charge in [0.1, 0.15) is 0 Å². The van der Waals surface area contributed by atoms with E-state index in [0.717, 1.165) is 33.0 Å². The first-order valence-corrected chi connectivity index (χ1v) is 9.52. The largest absolute Gasteiger partial charge is 0.393 e. The van der Waals surface area contributed by atoms with Gasteiger partial charge in [0.25, 0.3) is 0 Å². The Kier molecular flexibility index (Phi) is 4.66. The number of thioether (sulfide) groups is 1. The molecular weight excluding hydrogens is 344 g/mol. The first kappa shape index (κ1) is 17.1. The van der Waals surface area contributed by atoms with Gasteiger partial charge in [0.2, 0.25) is 0 Å². The molecule has 1 aliphatic heterocycles. The van der Waals surface area contributed by atoms with Crippen LogP contribution in [0.4, 0.5) is 0 Å². The molecule has 0 spiro atoms. The topological polar surface area (TPSA) is 55.1 Å². The highest BCUT2D eigenvalue weighted by Gasteiger charge is 2.20. The van der Waals surface area contributed by atoms with Crippen LogP contribution < -0.4 is 0 Å². The van der Waals surface area contributed by atoms with Gasteiger partial charge in [-0.2, -0.15) is 0 Å². The van der Waals surface area contributed by atoms with Crippen LogP contribution in [0, 0.1) is 0 Å². The number of carbonyl (C=O) groups excluding carboxylic acids is 1. The molecular formula is C21H20N2O2S. The Hall–Kier alpha value is -2.37. The van der Waals surface area contributed by atoms with Crippen molar-refractivity contribution in [1.82, 2.24) is 9.55 Å². The van der Waals surface area contributed by atoms with E-state index >= 15 is 0 Å². The van der Waals surface area contributed by atoms with Gasteiger partial charge in [-0.25, -0.2) is 4.98 Å². The minimum Gasteiger partial charge on any atom is -0.393 e. The Bertz CT molecular complexity index is 948. The minimum absolute atomic E-state index is 0.209. The van der Waals surface area contributed by atoms with Crippen LogP contribution in [-0.2, 0) is 24.2 Å². The molecule has 0 saturated carbocycles. The highest BCUT2D eigenvalue weighted by molar-refractivity contribution is 8.14. The fourth-order valence-electron chi connectivity index (χ4n) is 3.35. The first-order chi connectivity index (χ1) is 12.6. The quantitative estimate of drug-likeness (QED) is 0.750. The Labute approximate surface area is 156 Å². The highest BCUT2D eigenvalue weighted by Crippen LogP contribution is 2.33. The Morgan fingerprint density at radius 3 is 2.81 bits per heavy atom. The van der Waals surface area contributed by atoms with E-state index in [1.807, 2.05) is 42.7 Å². The summed E-state index contributed by atoms with van der Waals surface area (Å²) in [5.41, 5.74) is 5.24. The van der Waals surface area contributed by atoms with E-state index in [0.29, 0.717) is 19.4 Å². The minimum atomic E-state index is -0.443. The van der Waals surface area contributed by atoms with Gasteiger partial charge in [0, 0.05) is 35.5 Å². The third-order valence-electron chi connectivity index (χ3n) is 4.52. The van der Waals surface area contributed by atoms with Crippen molar-refractivity contribution in [2.45, 2.75) is 37.3 Å². The molecule has 132 valence electrons. The predicted molar refractivity (Wildman–Crippen MR) is 103 cm³/mol. The lowest BCUT2D eigenvalue weighted by molar-refractivity contribution is -0.110. The van der Waals surface area contributed by atoms with Crippen LogP contribution in [0.15, 0.2) is 59.8 Å². The summed E-state index contributed by atoms with van der Waals surface area (Å²) >= 11 is 1.33. The van der Waals surface area contributed by atoms with Gasteiger partial charge >= 0.3 is 0 Å². The molecule has 1 N–H and O–H groups in total. The van der Waals surface area contributed by atoms with Gasteiger partial charge in [0.05, 0.1) is 18.1 Å². The number of aliphatic hydroxyl groups is 1. The van der Waals surface area contributed by atoms with Crippen molar-refractivity contribution in [2.24, 2.45) is 0 Å². The van der Waals surface area contributed by atoms with E-state index in [-0.39, 0.29) is 5.12 Å². The number of imidazole rings is 1. The number of nitrogens with zero attached hydrogens (tertiary/aromatic N) is 2. The third kappa shape index (κ3) is 3.45. The Morgan fingerprint density at radius 2 is 2.04 bits per heavy atom. The fourth-order valence-corrected chi connectivity index (χ4v) is 4.23. The smallest absolute Gasteiger partial charge is 0.198 e. The molecule has 1 aromatic heterocycles. The van der Waals surface area contributed by atoms with Gasteiger partial charge in [-0.1, -0.05) is 54.2 Å². The van der Waals surface area contributed by atoms with Crippen molar-refractivity contribution >= 4 is 16.9 Å². The molecule has 0 bridgehead atoms. The summed E-state index contributed by atoms with van der Waals surface area (Å²) < 4.78 is 2.10. The van der Waals surface area contributed by atoms with E-state index in [9.17, 15) is 9.90 Å². The SMILES string of the molecule is CC(O)Cc1c(-c2ccccc2)ncn1Cc1ccc2c(c1)CC(=O)S2. The molecule has 1 unspecified atom stereocenters. The molecule has 0 amide bonds. The van der Waals surface area contributed by atoms with Crippen molar-refractivity contribution in [1.29, 1.82) is 0 Å². The summed E-state index contributed by atoms with van der Waals surface area (Å²) in [6, 6.07) is 16.3. The van der Waals surface area contributed by atoms with Crippen molar-refractivity contribution < 1.29 is 9.90 Å². The standard InChI is InChI=1S/C21H20N2O2S/c1-14(24)9-18-21(16-5-3-2-4-6-16)22-13-23(18)12-15-7-8-19-17(10-15)11-20(25)26-19/h2-8,10,13-14,24H,9,11-12H2,1H3. The van der Waals surface area contributed by atoms with Crippen LogP contribution in [-0.4, -0.2) is 25.9 Å². The zero-order valence-corrected chi connectivity index (χ0v) is 15.4. The zero-order chi connectivity index (χ0) is 18.1. The lowest BCUT2D eigenvalue weighted by Gasteiger charge is -2.13. The predicted octanol–water partition coefficient (Wildman–Crippen LogP) is 3.70. The normalized spacial score (nSPS) is 14.5. The second-order valence-electron chi connectivity index (χ2n) is 6.68. The number of aromatic nitrogens is 2. The van der Waals surface area contributed by atoms with Crippen molar-refractivity contribution in [2.75, 3.05) is 0 Å². The maximum Gasteiger partial charge on any atom is 0.198 e. The molecule has 0 fully saturated rings. The molecule has 26 heavy (non-hydrogen) atoms. The summed E-state index contributed by atoms with van der Waals surface area (Å²) in [4.78, 5) is 17.3. The lowest BCUT2D eigenvalue weighted by atomic mass is 10.1. The first-order valence-electron chi connectivity index (χ1n) is 8.70. The number of hydrogen-bond acceptors (Lipinski definition) is 4. The number of aliphatic hydroxyl groups excluding tert-OH is 1. The van der Waals surface area contributed by atoms with E-state index in [1.165, 1.54) is 11.8 Å². The fraction of sp³-hybridized carbons (Fsp3) is 0.238. The van der Waals surface area contributed by atoms with Gasteiger partial charge in [-0.05, 0) is 24.1 Å². The van der Waals surface area contributed by atoms with Crippen LogP contribution in [0.3, 0.4) is 0 Å². The molecule has 1 atom stereocenters. The van der Waals surface area contributed by atoms with Crippen LogP contribution in [0.25, 0.3) is 11.3 Å². The maximum absolute atomic E-state index is 11.6. The molecule has 5 heteroatoms. The summed E-state index contributed by atoms with van der Waals surface area (Å²) in [6.45, 7) is 2.47. The van der Waals surface area contributed by atoms with E-state index in [4.69, 9.17) is 0 Å². The number of carbonyl (C=O) groups is 1. The van der Waals surface area contributed by atoms with E-state index in [2.05, 4.69) is 21.7 Å². The van der Waals surface area contributed by atoms with Crippen molar-refractivity contribution in [3.05, 3.63) is 71.7 Å². The third-order valence-corrected chi connectivity index (χ3v) is 5.51. The van der Waals surface area contributed by atoms with Crippen molar-refractivity contribution in [3.8, 4) is 11.3 Å². The number of rotatable bonds is 5. The van der Waals surface area contributed by atoms with E-state index in [1.54, 1.807) is 6.92 Å². The summed E-state index contributed by atoms with van der Waals surface area (Å²) in [5.74, 6) is 0. The number of fused-ring (bicyclic) bond motifs is 1. The van der Waals surface area contributed by atoms with Gasteiger partial charge in [0.15, 0.2) is 5.12 Å². The van der Waals surface area contributed by atoms with Gasteiger partial charge in [-0.15, -0.1) is 0 Å². The van der Waals surface area contributed by atoms with Crippen LogP contribution in [0.5, 0.6) is 0 Å². The second-order valence-corrected chi connectivity index (χ2v) is 7.78. The summed E-state index contributed by atoms with van der Waals surface area (Å²) in [7, 11) is 0. The van der Waals surface area contributed by atoms with Gasteiger partial charge in [-0.3, -0.25) is 4.79 Å². The molecule has 0 saturated heterocycles. The molecule has 2 heterocycles. The molecule has 0 radical (unpaired) electrons. The van der Waals surface area contributed by atoms with E-state index < -0.39 is 6.10 Å². The lowest BCUT2D eigenvalue weighted by Crippen LogP contribution is -2.11. The average molecular weight is 364 g/mol. The van der Waals surface area contributed by atoms with Gasteiger partial charge < -0.3 is 9.67 Å². The van der Waals surface area contributed by atoms with Crippen LogP contribution >= 0.6 is 11.8 Å². The second kappa shape index (κ2) is 7.09. The molecule has 0 aliphatic carbocycles. The maximum atomic E-state index is 11.6. The average Bonchev–Trinajstić information content (AvgIpc) is 3.18. The molecule has 2 aromatic carbocycles. The molecule has 4 nitrogen and oxygen atoms in total. The summed E-state index contributed by atoms with van der Waals surface area (Å²) in [5, 5.41) is 10.2. The summed E-state index contributed by atoms with van der Waals surface area (Å²) in [6.07, 6.45) is 2.45. The zero-order valence-electron chi connectivity index (χ0n) is 14.6. The monoisotopic (exact) mass is 364 g/mol. The van der Waals surface area contributed by atoms with Crippen molar-refractivity contribution in [3.63, 3.8) is 0 Å². The number of hydrogen-bond donors (Lipinski definition) is 1. The van der Waals surface area contributed by atoms with Crippen LogP contribution in [0.2, 0.25) is 0 Å². The molecule has 4 rings (SSSR count). The highest BCUT2D eigenvalue weighted by atomic mass is 32.2. The molecule has 3 aromatic rings. The number of benzene rings is 2. The molecule has 1 aliphatic rings. The van der Waals surface area contributed by atoms with Crippen LogP contribution in [0.1, 0.15) is 23.7 Å². The Morgan fingerprint density at radius 1 is 1.23 bits per heavy atom.